The Hall–Kier alpha value is -0.580. The Balaban J connectivity index is 2.25. The molecule has 0 aliphatic carbocycles. The smallest absolute Gasteiger partial charge is 0.309 e. The number of rotatable bonds is 2. The Morgan fingerprint density at radius 1 is 1.67 bits per heavy atom. The fraction of sp³-hybridized carbons (Fsp3) is 0.500. The van der Waals surface area contributed by atoms with Gasteiger partial charge in [0.1, 0.15) is 6.10 Å². The second kappa shape index (κ2) is 4.51. The van der Waals surface area contributed by atoms with Gasteiger partial charge in [0.25, 0.3) is 0 Å². The van der Waals surface area contributed by atoms with Crippen LogP contribution in [0.3, 0.4) is 0 Å². The zero-order valence-electron chi connectivity index (χ0n) is 7.98. The van der Waals surface area contributed by atoms with Crippen LogP contribution in [0.15, 0.2) is 11.4 Å². The van der Waals surface area contributed by atoms with Crippen molar-refractivity contribution in [3.8, 4) is 0 Å². The molecular formula is C10H11ClO3S. The normalized spacial score (nSPS) is 26.5. The van der Waals surface area contributed by atoms with E-state index < -0.39 is 11.9 Å². The summed E-state index contributed by atoms with van der Waals surface area (Å²) in [6.45, 7) is 0.614. The molecular weight excluding hydrogens is 236 g/mol. The first-order chi connectivity index (χ1) is 7.20. The second-order valence-corrected chi connectivity index (χ2v) is 4.87. The average molecular weight is 247 g/mol. The average Bonchev–Trinajstić information content (AvgIpc) is 2.64. The van der Waals surface area contributed by atoms with Crippen LogP contribution in [0.2, 0.25) is 5.02 Å². The number of carboxylic acid groups (broad SMARTS) is 1. The lowest BCUT2D eigenvalue weighted by molar-refractivity contribution is -0.151. The fourth-order valence-corrected chi connectivity index (χ4v) is 3.08. The van der Waals surface area contributed by atoms with Crippen LogP contribution in [0.25, 0.3) is 0 Å². The number of carboxylic acids is 1. The molecule has 3 nitrogen and oxygen atoms in total. The van der Waals surface area contributed by atoms with Gasteiger partial charge in [-0.25, -0.2) is 0 Å². The van der Waals surface area contributed by atoms with Crippen LogP contribution in [0.4, 0.5) is 0 Å². The lowest BCUT2D eigenvalue weighted by Gasteiger charge is -2.28. The fourth-order valence-electron chi connectivity index (χ4n) is 1.80. The SMILES string of the molecule is O=C(O)C1CCCOC1c1sccc1Cl. The highest BCUT2D eigenvalue weighted by molar-refractivity contribution is 7.10. The molecule has 2 unspecified atom stereocenters. The molecule has 0 spiro atoms. The van der Waals surface area contributed by atoms with E-state index in [1.54, 1.807) is 6.07 Å². The van der Waals surface area contributed by atoms with Gasteiger partial charge in [0.15, 0.2) is 0 Å². The molecule has 2 heterocycles. The molecule has 0 radical (unpaired) electrons. The quantitative estimate of drug-likeness (QED) is 0.873. The second-order valence-electron chi connectivity index (χ2n) is 3.51. The maximum Gasteiger partial charge on any atom is 0.309 e. The molecule has 1 fully saturated rings. The molecule has 2 rings (SSSR count). The zero-order chi connectivity index (χ0) is 10.8. The topological polar surface area (TPSA) is 46.5 Å². The number of carbonyl (C=O) groups is 1. The first-order valence-electron chi connectivity index (χ1n) is 4.77. The first-order valence-corrected chi connectivity index (χ1v) is 6.03. The van der Waals surface area contributed by atoms with E-state index in [4.69, 9.17) is 21.4 Å². The molecule has 1 aliphatic heterocycles. The Kier molecular flexibility index (Phi) is 3.29. The molecule has 0 aromatic carbocycles. The summed E-state index contributed by atoms with van der Waals surface area (Å²) in [4.78, 5) is 11.9. The number of hydrogen-bond donors (Lipinski definition) is 1. The van der Waals surface area contributed by atoms with Gasteiger partial charge in [-0.1, -0.05) is 11.6 Å². The molecule has 5 heteroatoms. The number of ether oxygens (including phenoxy) is 1. The highest BCUT2D eigenvalue weighted by Gasteiger charge is 2.34. The largest absolute Gasteiger partial charge is 0.481 e. The minimum atomic E-state index is -0.802. The Labute approximate surface area is 96.6 Å². The summed E-state index contributed by atoms with van der Waals surface area (Å²) in [5, 5.41) is 11.5. The third-order valence-electron chi connectivity index (χ3n) is 2.54. The Bertz CT molecular complexity index is 363. The van der Waals surface area contributed by atoms with Crippen LogP contribution in [-0.2, 0) is 9.53 Å². The summed E-state index contributed by atoms with van der Waals surface area (Å²) in [7, 11) is 0. The number of aliphatic carboxylic acids is 1. The van der Waals surface area contributed by atoms with Crippen molar-refractivity contribution in [3.63, 3.8) is 0 Å². The van der Waals surface area contributed by atoms with Crippen LogP contribution < -0.4 is 0 Å². The van der Waals surface area contributed by atoms with Crippen molar-refractivity contribution in [1.29, 1.82) is 0 Å². The molecule has 1 aliphatic rings. The van der Waals surface area contributed by atoms with Crippen LogP contribution in [0.5, 0.6) is 0 Å². The summed E-state index contributed by atoms with van der Waals surface area (Å²) in [6.07, 6.45) is 1.09. The van der Waals surface area contributed by atoms with Crippen molar-refractivity contribution in [2.45, 2.75) is 18.9 Å². The molecule has 1 aromatic rings. The van der Waals surface area contributed by atoms with E-state index in [9.17, 15) is 4.79 Å². The Morgan fingerprint density at radius 2 is 2.47 bits per heavy atom. The zero-order valence-corrected chi connectivity index (χ0v) is 9.55. The monoisotopic (exact) mass is 246 g/mol. The molecule has 1 aromatic heterocycles. The molecule has 0 bridgehead atoms. The summed E-state index contributed by atoms with van der Waals surface area (Å²) in [6, 6.07) is 1.78. The standard InChI is InChI=1S/C10H11ClO3S/c11-7-3-5-15-9(7)8-6(10(12)13)2-1-4-14-8/h3,5-6,8H,1-2,4H2,(H,12,13). The van der Waals surface area contributed by atoms with Crippen molar-refractivity contribution >= 4 is 28.9 Å². The van der Waals surface area contributed by atoms with Crippen molar-refractivity contribution < 1.29 is 14.6 Å². The van der Waals surface area contributed by atoms with Crippen LogP contribution in [0.1, 0.15) is 23.8 Å². The van der Waals surface area contributed by atoms with Crippen molar-refractivity contribution in [2.24, 2.45) is 5.92 Å². The summed E-state index contributed by atoms with van der Waals surface area (Å²) in [5.74, 6) is -1.26. The highest BCUT2D eigenvalue weighted by atomic mass is 35.5. The summed E-state index contributed by atoms with van der Waals surface area (Å²) >= 11 is 7.44. The maximum absolute atomic E-state index is 11.1. The minimum absolute atomic E-state index is 0.372. The lowest BCUT2D eigenvalue weighted by Crippen LogP contribution is -2.28. The predicted octanol–water partition coefficient (Wildman–Crippen LogP) is 2.95. The molecule has 1 saturated heterocycles. The third-order valence-corrected chi connectivity index (χ3v) is 3.96. The van der Waals surface area contributed by atoms with Gasteiger partial charge in [-0.2, -0.15) is 0 Å². The number of hydrogen-bond acceptors (Lipinski definition) is 3. The van der Waals surface area contributed by atoms with Gasteiger partial charge in [0.2, 0.25) is 0 Å². The highest BCUT2D eigenvalue weighted by Crippen LogP contribution is 2.39. The van der Waals surface area contributed by atoms with Gasteiger partial charge in [-0.15, -0.1) is 11.3 Å². The van der Waals surface area contributed by atoms with E-state index in [1.807, 2.05) is 5.38 Å². The van der Waals surface area contributed by atoms with E-state index in [-0.39, 0.29) is 6.10 Å². The van der Waals surface area contributed by atoms with Gasteiger partial charge in [0, 0.05) is 6.61 Å². The molecule has 82 valence electrons. The van der Waals surface area contributed by atoms with Gasteiger partial charge < -0.3 is 9.84 Å². The van der Waals surface area contributed by atoms with Gasteiger partial charge in [-0.05, 0) is 24.3 Å². The van der Waals surface area contributed by atoms with Crippen molar-refractivity contribution in [3.05, 3.63) is 21.3 Å². The van der Waals surface area contributed by atoms with Crippen LogP contribution in [-0.4, -0.2) is 17.7 Å². The maximum atomic E-state index is 11.1. The molecule has 0 amide bonds. The molecule has 1 N–H and O–H groups in total. The van der Waals surface area contributed by atoms with Crippen LogP contribution in [0, 0.1) is 5.92 Å². The first kappa shape index (κ1) is 10.9. The van der Waals surface area contributed by atoms with E-state index in [2.05, 4.69) is 0 Å². The van der Waals surface area contributed by atoms with E-state index in [0.29, 0.717) is 18.1 Å². The lowest BCUT2D eigenvalue weighted by atomic mass is 9.93. The van der Waals surface area contributed by atoms with Gasteiger partial charge >= 0.3 is 5.97 Å². The van der Waals surface area contributed by atoms with E-state index in [1.165, 1.54) is 11.3 Å². The van der Waals surface area contributed by atoms with Crippen molar-refractivity contribution in [1.82, 2.24) is 0 Å². The molecule has 0 saturated carbocycles. The Morgan fingerprint density at radius 3 is 3.07 bits per heavy atom. The number of thiophene rings is 1. The minimum Gasteiger partial charge on any atom is -0.481 e. The summed E-state index contributed by atoms with van der Waals surface area (Å²) < 4.78 is 5.52. The van der Waals surface area contributed by atoms with Gasteiger partial charge in [-0.3, -0.25) is 4.79 Å². The molecule has 15 heavy (non-hydrogen) atoms. The number of halogens is 1. The summed E-state index contributed by atoms with van der Waals surface area (Å²) in [5.41, 5.74) is 0. The predicted molar refractivity (Wildman–Crippen MR) is 58.4 cm³/mol. The third kappa shape index (κ3) is 2.17. The van der Waals surface area contributed by atoms with E-state index >= 15 is 0 Å². The van der Waals surface area contributed by atoms with E-state index in [0.717, 1.165) is 11.3 Å². The van der Waals surface area contributed by atoms with Gasteiger partial charge in [0.05, 0.1) is 15.8 Å². The molecule has 2 atom stereocenters. The van der Waals surface area contributed by atoms with Crippen molar-refractivity contribution in [2.75, 3.05) is 6.61 Å². The van der Waals surface area contributed by atoms with Crippen LogP contribution >= 0.6 is 22.9 Å².